The summed E-state index contributed by atoms with van der Waals surface area (Å²) in [7, 11) is 1.33. The van der Waals surface area contributed by atoms with E-state index in [-0.39, 0.29) is 34.2 Å². The van der Waals surface area contributed by atoms with Crippen molar-refractivity contribution in [2.45, 2.75) is 33.2 Å². The van der Waals surface area contributed by atoms with Crippen molar-refractivity contribution in [3.05, 3.63) is 28.7 Å². The number of H-pyrrole nitrogens is 1. The normalized spacial score (nSPS) is 11.6. The lowest BCUT2D eigenvalue weighted by Crippen LogP contribution is -2.32. The van der Waals surface area contributed by atoms with Crippen LogP contribution in [-0.4, -0.2) is 35.1 Å². The molecule has 24 heavy (non-hydrogen) atoms. The van der Waals surface area contributed by atoms with Crippen LogP contribution < -0.4 is 16.2 Å². The molecular weight excluding hydrogens is 317 g/mol. The molecule has 0 radical (unpaired) electrons. The Morgan fingerprint density at radius 1 is 1.42 bits per heavy atom. The first-order chi connectivity index (χ1) is 11.3. The minimum absolute atomic E-state index is 0.0492. The van der Waals surface area contributed by atoms with E-state index < -0.39 is 23.7 Å². The molecule has 0 aliphatic heterocycles. The Morgan fingerprint density at radius 2 is 2.00 bits per heavy atom. The molecule has 0 aliphatic carbocycles. The largest absolute Gasteiger partial charge is 0.495 e. The Morgan fingerprint density at radius 3 is 2.46 bits per heavy atom. The van der Waals surface area contributed by atoms with E-state index >= 15 is 0 Å². The van der Waals surface area contributed by atoms with Gasteiger partial charge in [-0.05, 0) is 12.5 Å². The second kappa shape index (κ2) is 7.78. The second-order valence-corrected chi connectivity index (χ2v) is 4.92. The number of carbonyl (C=O) groups is 2. The van der Waals surface area contributed by atoms with Crippen LogP contribution in [0.2, 0.25) is 0 Å². The predicted octanol–water partition coefficient (Wildman–Crippen LogP) is 1.70. The molecule has 132 valence electrons. The summed E-state index contributed by atoms with van der Waals surface area (Å²) in [6, 6.07) is -1.16. The van der Waals surface area contributed by atoms with Gasteiger partial charge in [0.25, 0.3) is 5.91 Å². The van der Waals surface area contributed by atoms with E-state index in [0.717, 1.165) is 0 Å². The summed E-state index contributed by atoms with van der Waals surface area (Å²) >= 11 is 0. The fraction of sp³-hybridized carbons (Fsp3) is 0.375. The van der Waals surface area contributed by atoms with Crippen LogP contribution in [0.25, 0.3) is 10.9 Å². The van der Waals surface area contributed by atoms with E-state index in [1.165, 1.54) is 20.2 Å². The van der Waals surface area contributed by atoms with Crippen molar-refractivity contribution in [3.8, 4) is 5.75 Å². The zero-order chi connectivity index (χ0) is 18.6. The van der Waals surface area contributed by atoms with Crippen LogP contribution in [0.1, 0.15) is 35.3 Å². The number of primary amides is 1. The number of amides is 1. The minimum Gasteiger partial charge on any atom is -0.495 e. The van der Waals surface area contributed by atoms with Gasteiger partial charge in [0.05, 0.1) is 18.2 Å². The number of methoxy groups -OCH3 is 1. The summed E-state index contributed by atoms with van der Waals surface area (Å²) in [6.45, 7) is 5.42. The van der Waals surface area contributed by atoms with E-state index in [2.05, 4.69) is 4.98 Å². The number of hydrogen-bond donors (Lipinski definition) is 4. The van der Waals surface area contributed by atoms with E-state index in [9.17, 15) is 14.0 Å². The van der Waals surface area contributed by atoms with E-state index in [1.54, 1.807) is 0 Å². The molecule has 1 aromatic heterocycles. The highest BCUT2D eigenvalue weighted by atomic mass is 19.1. The van der Waals surface area contributed by atoms with Gasteiger partial charge in [-0.25, -0.2) is 4.39 Å². The van der Waals surface area contributed by atoms with Gasteiger partial charge in [-0.15, -0.1) is 0 Å². The maximum absolute atomic E-state index is 14.4. The zero-order valence-corrected chi connectivity index (χ0v) is 14.1. The van der Waals surface area contributed by atoms with Crippen LogP contribution in [0, 0.1) is 12.7 Å². The molecule has 2 aromatic rings. The maximum Gasteiger partial charge on any atom is 0.320 e. The van der Waals surface area contributed by atoms with Crippen LogP contribution >= 0.6 is 0 Å². The Kier molecular flexibility index (Phi) is 6.30. The lowest BCUT2D eigenvalue weighted by Gasteiger charge is -2.13. The summed E-state index contributed by atoms with van der Waals surface area (Å²) in [5.41, 5.74) is 11.4. The minimum atomic E-state index is -1.18. The average Bonchev–Trinajstić information content (AvgIpc) is 2.95. The third-order valence-corrected chi connectivity index (χ3v) is 3.55. The molecule has 1 heterocycles. The third kappa shape index (κ3) is 3.33. The topological polar surface area (TPSA) is 131 Å². The number of aromatic amines is 1. The molecule has 0 spiro atoms. The molecule has 1 unspecified atom stereocenters. The smallest absolute Gasteiger partial charge is 0.320 e. The molecule has 0 fully saturated rings. The summed E-state index contributed by atoms with van der Waals surface area (Å²) < 4.78 is 19.6. The number of carbonyl (C=O) groups excluding carboxylic acids is 1. The molecular formula is C16H22FN3O4. The fourth-order valence-corrected chi connectivity index (χ4v) is 2.48. The number of fused-ring (bicyclic) bond motifs is 1. The molecule has 8 heteroatoms. The van der Waals surface area contributed by atoms with Crippen molar-refractivity contribution >= 4 is 22.8 Å². The Balaban J connectivity index is 0.00000139. The van der Waals surface area contributed by atoms with Crippen molar-refractivity contribution in [3.63, 3.8) is 0 Å². The molecule has 0 saturated carbocycles. The standard InChI is InChI=1S/C14H16FN3O4.C2H6/c1-5-8(13(17)19)12(22-2)9-6(3-7(16)14(20)21)4-18-11(9)10(5)15;1-2/h4,7,18H,3,16H2,1-2H3,(H2,17,19)(H,20,21);1-2H3. The van der Waals surface area contributed by atoms with Gasteiger partial charge in [-0.3, -0.25) is 9.59 Å². The van der Waals surface area contributed by atoms with E-state index in [0.29, 0.717) is 5.56 Å². The number of hydrogen-bond acceptors (Lipinski definition) is 4. The predicted molar refractivity (Wildman–Crippen MR) is 88.7 cm³/mol. The van der Waals surface area contributed by atoms with Gasteiger partial charge in [-0.1, -0.05) is 13.8 Å². The van der Waals surface area contributed by atoms with Crippen LogP contribution in [0.5, 0.6) is 5.75 Å². The van der Waals surface area contributed by atoms with Gasteiger partial charge < -0.3 is 26.3 Å². The molecule has 1 atom stereocenters. The SMILES string of the molecule is CC.COc1c(C(N)=O)c(C)c(F)c2[nH]cc(CC(N)C(=O)O)c12. The first-order valence-corrected chi connectivity index (χ1v) is 7.43. The Hall–Kier alpha value is -2.61. The maximum atomic E-state index is 14.4. The number of ether oxygens (including phenoxy) is 1. The summed E-state index contributed by atoms with van der Waals surface area (Å²) in [5.74, 6) is -2.55. The molecule has 1 amide bonds. The molecule has 6 N–H and O–H groups in total. The highest BCUT2D eigenvalue weighted by molar-refractivity contribution is 6.05. The van der Waals surface area contributed by atoms with Crippen molar-refractivity contribution in [2.24, 2.45) is 11.5 Å². The van der Waals surface area contributed by atoms with Gasteiger partial charge in [0.15, 0.2) is 5.82 Å². The number of benzene rings is 1. The molecule has 7 nitrogen and oxygen atoms in total. The zero-order valence-electron chi connectivity index (χ0n) is 14.1. The van der Waals surface area contributed by atoms with Gasteiger partial charge in [0.1, 0.15) is 11.8 Å². The van der Waals surface area contributed by atoms with Crippen molar-refractivity contribution < 1.29 is 23.8 Å². The highest BCUT2D eigenvalue weighted by Crippen LogP contribution is 2.37. The molecule has 0 aliphatic rings. The molecule has 0 bridgehead atoms. The number of nitrogens with one attached hydrogen (secondary N) is 1. The number of nitrogens with two attached hydrogens (primary N) is 2. The van der Waals surface area contributed by atoms with Crippen LogP contribution in [0.4, 0.5) is 4.39 Å². The number of carboxylic acid groups (broad SMARTS) is 1. The molecule has 2 rings (SSSR count). The van der Waals surface area contributed by atoms with Crippen molar-refractivity contribution in [1.82, 2.24) is 4.98 Å². The van der Waals surface area contributed by atoms with Gasteiger partial charge in [0.2, 0.25) is 0 Å². The van der Waals surface area contributed by atoms with Crippen LogP contribution in [0.15, 0.2) is 6.20 Å². The van der Waals surface area contributed by atoms with E-state index in [1.807, 2.05) is 13.8 Å². The van der Waals surface area contributed by atoms with Crippen molar-refractivity contribution in [2.75, 3.05) is 7.11 Å². The monoisotopic (exact) mass is 339 g/mol. The first kappa shape index (κ1) is 19.4. The lowest BCUT2D eigenvalue weighted by molar-refractivity contribution is -0.138. The summed E-state index contributed by atoms with van der Waals surface area (Å²) in [4.78, 5) is 25.2. The number of carboxylic acids is 1. The first-order valence-electron chi connectivity index (χ1n) is 7.43. The van der Waals surface area contributed by atoms with Gasteiger partial charge >= 0.3 is 5.97 Å². The van der Waals surface area contributed by atoms with Crippen molar-refractivity contribution in [1.29, 1.82) is 0 Å². The van der Waals surface area contributed by atoms with Crippen LogP contribution in [-0.2, 0) is 11.2 Å². The Bertz CT molecular complexity index is 771. The van der Waals surface area contributed by atoms with Gasteiger partial charge in [-0.2, -0.15) is 0 Å². The Labute approximate surface area is 138 Å². The van der Waals surface area contributed by atoms with E-state index in [4.69, 9.17) is 21.3 Å². The highest BCUT2D eigenvalue weighted by Gasteiger charge is 2.25. The molecule has 0 saturated heterocycles. The quantitative estimate of drug-likeness (QED) is 0.658. The number of aromatic nitrogens is 1. The van der Waals surface area contributed by atoms with Gasteiger partial charge in [0, 0.05) is 23.6 Å². The second-order valence-electron chi connectivity index (χ2n) is 4.92. The summed E-state index contributed by atoms with van der Waals surface area (Å²) in [6.07, 6.45) is 1.40. The molecule has 1 aromatic carbocycles. The third-order valence-electron chi connectivity index (χ3n) is 3.55. The lowest BCUT2D eigenvalue weighted by atomic mass is 9.98. The average molecular weight is 339 g/mol. The van der Waals surface area contributed by atoms with Crippen LogP contribution in [0.3, 0.4) is 0 Å². The summed E-state index contributed by atoms with van der Waals surface area (Å²) in [5, 5.41) is 9.18. The number of halogens is 1. The number of aliphatic carboxylic acids is 1. The number of rotatable bonds is 5. The fourth-order valence-electron chi connectivity index (χ4n) is 2.48.